The number of benzene rings is 2. The molecule has 0 spiro atoms. The number of nitro benzene ring substituents is 1. The van der Waals surface area contributed by atoms with Crippen LogP contribution in [0.15, 0.2) is 48.5 Å². The summed E-state index contributed by atoms with van der Waals surface area (Å²) in [5, 5.41) is 13.6. The van der Waals surface area contributed by atoms with Crippen LogP contribution < -0.4 is 15.1 Å². The first kappa shape index (κ1) is 18.8. The lowest BCUT2D eigenvalue weighted by molar-refractivity contribution is -0.914. The number of non-ortho nitro benzene ring substituents is 1. The number of anilines is 2. The van der Waals surface area contributed by atoms with Crippen molar-refractivity contribution in [3.8, 4) is 0 Å². The highest BCUT2D eigenvalue weighted by molar-refractivity contribution is 5.93. The van der Waals surface area contributed by atoms with E-state index in [4.69, 9.17) is 0 Å². The summed E-state index contributed by atoms with van der Waals surface area (Å²) in [6.07, 6.45) is 0. The number of halogens is 1. The molecule has 8 heteroatoms. The fraction of sp³-hybridized carbons (Fsp3) is 0.316. The largest absolute Gasteiger partial charge is 0.360 e. The van der Waals surface area contributed by atoms with E-state index in [1.807, 2.05) is 6.92 Å². The summed E-state index contributed by atoms with van der Waals surface area (Å²) >= 11 is 0. The van der Waals surface area contributed by atoms with Crippen LogP contribution in [0.5, 0.6) is 0 Å². The van der Waals surface area contributed by atoms with E-state index in [0.29, 0.717) is 5.69 Å². The second-order valence-electron chi connectivity index (χ2n) is 6.64. The number of nitrogens with zero attached hydrogens (tertiary/aromatic N) is 2. The smallest absolute Gasteiger partial charge is 0.282 e. The molecule has 0 unspecified atom stereocenters. The minimum atomic E-state index is -0.409. The number of hydrogen-bond acceptors (Lipinski definition) is 4. The van der Waals surface area contributed by atoms with Gasteiger partial charge >= 0.3 is 0 Å². The van der Waals surface area contributed by atoms with Gasteiger partial charge in [-0.05, 0) is 43.3 Å². The van der Waals surface area contributed by atoms with Crippen molar-refractivity contribution in [2.24, 2.45) is 0 Å². The Balaban J connectivity index is 1.53. The third-order valence-electron chi connectivity index (χ3n) is 4.95. The number of quaternary nitrogens is 1. The molecule has 1 amide bonds. The zero-order valence-electron chi connectivity index (χ0n) is 15.0. The summed E-state index contributed by atoms with van der Waals surface area (Å²) in [7, 11) is 0. The number of amides is 1. The van der Waals surface area contributed by atoms with Crippen LogP contribution in [0.25, 0.3) is 0 Å². The van der Waals surface area contributed by atoms with Gasteiger partial charge in [-0.25, -0.2) is 4.39 Å². The van der Waals surface area contributed by atoms with Gasteiger partial charge in [0.2, 0.25) is 0 Å². The SMILES string of the molecule is C[C@@H](C(=O)Nc1ccc(F)cc1)[NH+]1CCN(c2ccc([N+](=O)[O-])cc2)CC1. The summed E-state index contributed by atoms with van der Waals surface area (Å²) in [5.74, 6) is -0.436. The molecule has 3 rings (SSSR count). The lowest BCUT2D eigenvalue weighted by atomic mass is 10.2. The molecule has 7 nitrogen and oxygen atoms in total. The van der Waals surface area contributed by atoms with Gasteiger partial charge in [0.15, 0.2) is 6.04 Å². The predicted octanol–water partition coefficient (Wildman–Crippen LogP) is 1.47. The maximum atomic E-state index is 13.0. The fourth-order valence-corrected chi connectivity index (χ4v) is 3.24. The number of piperazine rings is 1. The lowest BCUT2D eigenvalue weighted by Gasteiger charge is -2.36. The van der Waals surface area contributed by atoms with Gasteiger partial charge in [-0.15, -0.1) is 0 Å². The predicted molar refractivity (Wildman–Crippen MR) is 100 cm³/mol. The highest BCUT2D eigenvalue weighted by Crippen LogP contribution is 2.19. The van der Waals surface area contributed by atoms with Gasteiger partial charge in [-0.2, -0.15) is 0 Å². The van der Waals surface area contributed by atoms with Crippen LogP contribution in [-0.4, -0.2) is 43.1 Å². The number of carbonyl (C=O) groups is 1. The second-order valence-corrected chi connectivity index (χ2v) is 6.64. The number of nitrogens with one attached hydrogen (secondary N) is 2. The highest BCUT2D eigenvalue weighted by atomic mass is 19.1. The summed E-state index contributed by atoms with van der Waals surface area (Å²) < 4.78 is 13.0. The third kappa shape index (κ3) is 4.59. The number of carbonyl (C=O) groups excluding carboxylic acids is 1. The molecule has 1 saturated heterocycles. The molecule has 0 saturated carbocycles. The average molecular weight is 373 g/mol. The quantitative estimate of drug-likeness (QED) is 0.614. The molecule has 0 bridgehead atoms. The van der Waals surface area contributed by atoms with Crippen molar-refractivity contribution in [1.82, 2.24) is 0 Å². The maximum absolute atomic E-state index is 13.0. The van der Waals surface area contributed by atoms with Crippen LogP contribution in [0.2, 0.25) is 0 Å². The van der Waals surface area contributed by atoms with Crippen LogP contribution in [0.4, 0.5) is 21.5 Å². The van der Waals surface area contributed by atoms with Crippen LogP contribution in [0, 0.1) is 15.9 Å². The van der Waals surface area contributed by atoms with Gasteiger partial charge < -0.3 is 15.1 Å². The maximum Gasteiger partial charge on any atom is 0.282 e. The van der Waals surface area contributed by atoms with E-state index in [-0.39, 0.29) is 23.5 Å². The van der Waals surface area contributed by atoms with Crippen LogP contribution >= 0.6 is 0 Å². The Morgan fingerprint density at radius 2 is 1.74 bits per heavy atom. The summed E-state index contributed by atoms with van der Waals surface area (Å²) in [5.41, 5.74) is 1.61. The van der Waals surface area contributed by atoms with Gasteiger partial charge in [-0.3, -0.25) is 14.9 Å². The van der Waals surface area contributed by atoms with Crippen LogP contribution in [0.1, 0.15) is 6.92 Å². The van der Waals surface area contributed by atoms with Crippen molar-refractivity contribution in [3.05, 3.63) is 64.5 Å². The first-order chi connectivity index (χ1) is 12.9. The van der Waals surface area contributed by atoms with Gasteiger partial charge in [-0.1, -0.05) is 0 Å². The second kappa shape index (κ2) is 8.13. The van der Waals surface area contributed by atoms with E-state index in [1.165, 1.54) is 29.2 Å². The summed E-state index contributed by atoms with van der Waals surface area (Å²) in [6.45, 7) is 4.99. The van der Waals surface area contributed by atoms with Crippen molar-refractivity contribution in [2.75, 3.05) is 36.4 Å². The van der Waals surface area contributed by atoms with E-state index < -0.39 is 4.92 Å². The van der Waals surface area contributed by atoms with Crippen LogP contribution in [-0.2, 0) is 4.79 Å². The van der Waals surface area contributed by atoms with E-state index in [2.05, 4.69) is 10.2 Å². The first-order valence-corrected chi connectivity index (χ1v) is 8.84. The van der Waals surface area contributed by atoms with E-state index >= 15 is 0 Å². The number of hydrogen-bond donors (Lipinski definition) is 2. The lowest BCUT2D eigenvalue weighted by Crippen LogP contribution is -3.19. The molecule has 1 aliphatic heterocycles. The molecule has 1 aliphatic rings. The number of nitro groups is 1. The monoisotopic (exact) mass is 373 g/mol. The summed E-state index contributed by atoms with van der Waals surface area (Å²) in [6, 6.07) is 12.0. The van der Waals surface area contributed by atoms with Crippen molar-refractivity contribution in [2.45, 2.75) is 13.0 Å². The topological polar surface area (TPSA) is 79.9 Å². The molecule has 2 N–H and O–H groups in total. The van der Waals surface area contributed by atoms with Gasteiger partial charge in [0, 0.05) is 23.5 Å². The highest BCUT2D eigenvalue weighted by Gasteiger charge is 2.29. The molecule has 142 valence electrons. The van der Waals surface area contributed by atoms with Crippen LogP contribution in [0.3, 0.4) is 0 Å². The molecular weight excluding hydrogens is 351 g/mol. The Labute approximate surface area is 156 Å². The molecule has 1 atom stereocenters. The van der Waals surface area contributed by atoms with E-state index in [9.17, 15) is 19.3 Å². The normalized spacial score (nSPS) is 16.0. The molecule has 0 aromatic heterocycles. The third-order valence-corrected chi connectivity index (χ3v) is 4.95. The fourth-order valence-electron chi connectivity index (χ4n) is 3.24. The molecule has 0 aliphatic carbocycles. The minimum absolute atomic E-state index is 0.0779. The molecule has 27 heavy (non-hydrogen) atoms. The Morgan fingerprint density at radius 3 is 2.30 bits per heavy atom. The molecular formula is C19H22FN4O3+. The Hall–Kier alpha value is -3.00. The Kier molecular flexibility index (Phi) is 5.66. The first-order valence-electron chi connectivity index (χ1n) is 8.84. The molecule has 0 radical (unpaired) electrons. The standard InChI is InChI=1S/C19H21FN4O3/c1-14(19(25)21-16-4-2-15(20)3-5-16)22-10-12-23(13-11-22)17-6-8-18(9-7-17)24(26)27/h2-9,14H,10-13H2,1H3,(H,21,25)/p+1/t14-/m0/s1. The molecule has 1 heterocycles. The van der Waals surface area contributed by atoms with Gasteiger partial charge in [0.25, 0.3) is 11.6 Å². The molecule has 2 aromatic rings. The zero-order chi connectivity index (χ0) is 19.4. The van der Waals surface area contributed by atoms with Gasteiger partial charge in [0.05, 0.1) is 31.1 Å². The number of rotatable bonds is 5. The van der Waals surface area contributed by atoms with Crippen molar-refractivity contribution in [1.29, 1.82) is 0 Å². The molecule has 1 fully saturated rings. The zero-order valence-corrected chi connectivity index (χ0v) is 15.0. The van der Waals surface area contributed by atoms with Crippen molar-refractivity contribution >= 4 is 23.0 Å². The van der Waals surface area contributed by atoms with Crippen molar-refractivity contribution < 1.29 is 19.0 Å². The molecule has 2 aromatic carbocycles. The van der Waals surface area contributed by atoms with E-state index in [1.54, 1.807) is 24.3 Å². The average Bonchev–Trinajstić information content (AvgIpc) is 2.69. The minimum Gasteiger partial charge on any atom is -0.360 e. The summed E-state index contributed by atoms with van der Waals surface area (Å²) in [4.78, 5) is 26.1. The Bertz CT molecular complexity index is 803. The van der Waals surface area contributed by atoms with Gasteiger partial charge in [0.1, 0.15) is 5.82 Å². The Morgan fingerprint density at radius 1 is 1.15 bits per heavy atom. The van der Waals surface area contributed by atoms with E-state index in [0.717, 1.165) is 31.9 Å². The van der Waals surface area contributed by atoms with Crippen molar-refractivity contribution in [3.63, 3.8) is 0 Å².